The minimum Gasteiger partial charge on any atom is -0.427 e. The highest BCUT2D eigenvalue weighted by Crippen LogP contribution is 2.12. The van der Waals surface area contributed by atoms with Crippen molar-refractivity contribution in [2.75, 3.05) is 0 Å². The van der Waals surface area contributed by atoms with E-state index in [2.05, 4.69) is 0 Å². The topological polar surface area (TPSA) is 69.4 Å². The van der Waals surface area contributed by atoms with Gasteiger partial charge in [-0.05, 0) is 24.3 Å². The lowest BCUT2D eigenvalue weighted by molar-refractivity contribution is -0.134. The molecule has 74 valence electrons. The number of hydrogen-bond acceptors (Lipinski definition) is 3. The number of nitrogens with two attached hydrogens (primary N) is 1. The number of carbonyl (C=O) groups excluding carboxylic acids is 2. The fourth-order valence-electron chi connectivity index (χ4n) is 0.891. The van der Waals surface area contributed by atoms with Crippen LogP contribution < -0.4 is 10.5 Å². The Labute approximate surface area is 81.7 Å². The molecule has 0 saturated carbocycles. The van der Waals surface area contributed by atoms with Crippen LogP contribution in [-0.4, -0.2) is 11.9 Å². The van der Waals surface area contributed by atoms with E-state index >= 15 is 0 Å². The zero-order chi connectivity index (χ0) is 10.6. The van der Waals surface area contributed by atoms with Crippen LogP contribution in [0, 0.1) is 0 Å². The van der Waals surface area contributed by atoms with E-state index in [1.807, 2.05) is 0 Å². The minimum atomic E-state index is -0.502. The molecule has 0 heterocycles. The summed E-state index contributed by atoms with van der Waals surface area (Å²) in [5.74, 6) is -0.392. The van der Waals surface area contributed by atoms with E-state index < -0.39 is 5.91 Å². The lowest BCUT2D eigenvalue weighted by Crippen LogP contribution is -2.11. The molecule has 0 aliphatic carbocycles. The molecule has 1 amide bonds. The van der Waals surface area contributed by atoms with Crippen molar-refractivity contribution < 1.29 is 14.3 Å². The van der Waals surface area contributed by atoms with Gasteiger partial charge in [-0.3, -0.25) is 9.59 Å². The highest BCUT2D eigenvalue weighted by atomic mass is 16.5. The Morgan fingerprint density at radius 1 is 1.29 bits per heavy atom. The maximum atomic E-state index is 10.9. The SMILES string of the molecule is CCC(=O)Oc1ccc(C(N)=O)cc1. The molecule has 1 rings (SSSR count). The summed E-state index contributed by atoms with van der Waals surface area (Å²) in [5, 5.41) is 0. The predicted octanol–water partition coefficient (Wildman–Crippen LogP) is 1.10. The summed E-state index contributed by atoms with van der Waals surface area (Å²) >= 11 is 0. The summed E-state index contributed by atoms with van der Waals surface area (Å²) in [4.78, 5) is 21.6. The van der Waals surface area contributed by atoms with E-state index in [1.54, 1.807) is 6.92 Å². The van der Waals surface area contributed by atoms with Gasteiger partial charge in [0, 0.05) is 12.0 Å². The van der Waals surface area contributed by atoms with Gasteiger partial charge in [0.2, 0.25) is 5.91 Å². The van der Waals surface area contributed by atoms with E-state index in [9.17, 15) is 9.59 Å². The van der Waals surface area contributed by atoms with E-state index in [4.69, 9.17) is 10.5 Å². The van der Waals surface area contributed by atoms with Crippen LogP contribution in [0.15, 0.2) is 24.3 Å². The van der Waals surface area contributed by atoms with Gasteiger partial charge < -0.3 is 10.5 Å². The van der Waals surface area contributed by atoms with Gasteiger partial charge in [0.25, 0.3) is 0 Å². The second kappa shape index (κ2) is 4.41. The smallest absolute Gasteiger partial charge is 0.310 e. The molecule has 1 aromatic carbocycles. The first-order chi connectivity index (χ1) is 6.63. The van der Waals surface area contributed by atoms with E-state index in [1.165, 1.54) is 24.3 Å². The Balaban J connectivity index is 2.73. The number of benzene rings is 1. The molecule has 0 unspecified atom stereocenters. The van der Waals surface area contributed by atoms with Crippen LogP contribution in [0.4, 0.5) is 0 Å². The molecule has 2 N–H and O–H groups in total. The molecule has 0 saturated heterocycles. The zero-order valence-electron chi connectivity index (χ0n) is 7.82. The number of amides is 1. The number of hydrogen-bond donors (Lipinski definition) is 1. The van der Waals surface area contributed by atoms with Gasteiger partial charge in [-0.2, -0.15) is 0 Å². The highest BCUT2D eigenvalue weighted by Gasteiger charge is 2.03. The predicted molar refractivity (Wildman–Crippen MR) is 50.9 cm³/mol. The average Bonchev–Trinajstić information content (AvgIpc) is 2.18. The molecule has 0 spiro atoms. The molecule has 0 aliphatic heterocycles. The molecule has 0 bridgehead atoms. The van der Waals surface area contributed by atoms with Gasteiger partial charge in [0.05, 0.1) is 0 Å². The largest absolute Gasteiger partial charge is 0.427 e. The van der Waals surface area contributed by atoms with Crippen LogP contribution in [-0.2, 0) is 4.79 Å². The van der Waals surface area contributed by atoms with Crippen molar-refractivity contribution in [2.24, 2.45) is 5.73 Å². The van der Waals surface area contributed by atoms with Crippen LogP contribution in [0.5, 0.6) is 5.75 Å². The Morgan fingerprint density at radius 3 is 2.29 bits per heavy atom. The standard InChI is InChI=1S/C10H11NO3/c1-2-9(12)14-8-5-3-7(4-6-8)10(11)13/h3-6H,2H2,1H3,(H2,11,13). The van der Waals surface area contributed by atoms with Crippen molar-refractivity contribution in [2.45, 2.75) is 13.3 Å². The maximum Gasteiger partial charge on any atom is 0.310 e. The summed E-state index contributed by atoms with van der Waals surface area (Å²) in [6, 6.07) is 6.10. The highest BCUT2D eigenvalue weighted by molar-refractivity contribution is 5.92. The van der Waals surface area contributed by atoms with E-state index in [-0.39, 0.29) is 5.97 Å². The molecule has 0 atom stereocenters. The summed E-state index contributed by atoms with van der Waals surface area (Å²) in [6.07, 6.45) is 0.317. The molecule has 0 radical (unpaired) electrons. The molecule has 4 heteroatoms. The van der Waals surface area contributed by atoms with Crippen molar-refractivity contribution in [1.82, 2.24) is 0 Å². The van der Waals surface area contributed by atoms with E-state index in [0.717, 1.165) is 0 Å². The van der Waals surface area contributed by atoms with Crippen molar-refractivity contribution in [3.05, 3.63) is 29.8 Å². The first-order valence-electron chi connectivity index (χ1n) is 4.24. The lowest BCUT2D eigenvalue weighted by atomic mass is 10.2. The van der Waals surface area contributed by atoms with Gasteiger partial charge in [0.15, 0.2) is 0 Å². The second-order valence-electron chi connectivity index (χ2n) is 2.72. The molecule has 14 heavy (non-hydrogen) atoms. The fraction of sp³-hybridized carbons (Fsp3) is 0.200. The van der Waals surface area contributed by atoms with Crippen LogP contribution in [0.25, 0.3) is 0 Å². The van der Waals surface area contributed by atoms with Crippen LogP contribution in [0.2, 0.25) is 0 Å². The van der Waals surface area contributed by atoms with Crippen LogP contribution in [0.3, 0.4) is 0 Å². The number of carbonyl (C=O) groups is 2. The second-order valence-corrected chi connectivity index (χ2v) is 2.72. The molecular weight excluding hydrogens is 182 g/mol. The Kier molecular flexibility index (Phi) is 3.23. The molecule has 0 fully saturated rings. The molecule has 4 nitrogen and oxygen atoms in total. The third-order valence-corrected chi connectivity index (χ3v) is 1.66. The van der Waals surface area contributed by atoms with Crippen LogP contribution in [0.1, 0.15) is 23.7 Å². The van der Waals surface area contributed by atoms with E-state index in [0.29, 0.717) is 17.7 Å². The third-order valence-electron chi connectivity index (χ3n) is 1.66. The van der Waals surface area contributed by atoms with Crippen molar-refractivity contribution in [3.63, 3.8) is 0 Å². The number of esters is 1. The van der Waals surface area contributed by atoms with Crippen molar-refractivity contribution in [1.29, 1.82) is 0 Å². The molecule has 0 aromatic heterocycles. The van der Waals surface area contributed by atoms with Gasteiger partial charge >= 0.3 is 5.97 Å². The zero-order valence-corrected chi connectivity index (χ0v) is 7.82. The minimum absolute atomic E-state index is 0.308. The van der Waals surface area contributed by atoms with Gasteiger partial charge in [0.1, 0.15) is 5.75 Å². The average molecular weight is 193 g/mol. The molecule has 1 aromatic rings. The normalized spacial score (nSPS) is 9.50. The number of primary amides is 1. The molecule has 0 aliphatic rings. The van der Waals surface area contributed by atoms with Crippen molar-refractivity contribution in [3.8, 4) is 5.75 Å². The monoisotopic (exact) mass is 193 g/mol. The first kappa shape index (κ1) is 10.2. The summed E-state index contributed by atoms with van der Waals surface area (Å²) in [6.45, 7) is 1.71. The Bertz CT molecular complexity index is 343. The number of ether oxygens (including phenoxy) is 1. The number of rotatable bonds is 3. The van der Waals surface area contributed by atoms with Crippen molar-refractivity contribution >= 4 is 11.9 Å². The lowest BCUT2D eigenvalue weighted by Gasteiger charge is -2.02. The van der Waals surface area contributed by atoms with Crippen LogP contribution >= 0.6 is 0 Å². The first-order valence-corrected chi connectivity index (χ1v) is 4.24. The van der Waals surface area contributed by atoms with Gasteiger partial charge in [-0.15, -0.1) is 0 Å². The quantitative estimate of drug-likeness (QED) is 0.577. The Morgan fingerprint density at radius 2 is 1.86 bits per heavy atom. The fourth-order valence-corrected chi connectivity index (χ4v) is 0.891. The van der Waals surface area contributed by atoms with Gasteiger partial charge in [-0.1, -0.05) is 6.92 Å². The summed E-state index contributed by atoms with van der Waals surface area (Å²) < 4.78 is 4.91. The summed E-state index contributed by atoms with van der Waals surface area (Å²) in [7, 11) is 0. The maximum absolute atomic E-state index is 10.9. The Hall–Kier alpha value is -1.84. The van der Waals surface area contributed by atoms with Gasteiger partial charge in [-0.25, -0.2) is 0 Å². The third kappa shape index (κ3) is 2.58. The molecular formula is C10H11NO3. The summed E-state index contributed by atoms with van der Waals surface area (Å²) in [5.41, 5.74) is 5.43.